The van der Waals surface area contributed by atoms with E-state index >= 15 is 0 Å². The molecule has 0 amide bonds. The van der Waals surface area contributed by atoms with Crippen molar-refractivity contribution in [3.8, 4) is 17.2 Å². The fraction of sp³-hybridized carbons (Fsp3) is 0.0667. The van der Waals surface area contributed by atoms with E-state index in [0.717, 1.165) is 0 Å². The van der Waals surface area contributed by atoms with Crippen molar-refractivity contribution < 1.29 is 14.3 Å². The molecule has 0 fully saturated rings. The Hall–Kier alpha value is -2.51. The van der Waals surface area contributed by atoms with Gasteiger partial charge in [-0.1, -0.05) is 24.3 Å². The smallest absolute Gasteiger partial charge is 0.153 e. The topological polar surface area (TPSA) is 61.1 Å². The van der Waals surface area contributed by atoms with Crippen LogP contribution in [0.5, 0.6) is 0 Å². The predicted molar refractivity (Wildman–Crippen MR) is 67.9 cm³/mol. The average Bonchev–Trinajstić information content (AvgIpc) is 2.47. The molecule has 2 aromatic rings. The first-order valence-electron chi connectivity index (χ1n) is 5.59. The second-order valence-electron chi connectivity index (χ2n) is 3.97. The van der Waals surface area contributed by atoms with E-state index in [2.05, 4.69) is 0 Å². The number of benzene rings is 2. The standard InChI is InChI=1S/C15H10FNO2/c16-15-13(6-5-12(8-18)14(15)9-19)11-3-1-10(7-17)2-4-11/h1-6,9,18H,8H2. The van der Waals surface area contributed by atoms with Gasteiger partial charge in [-0.25, -0.2) is 4.39 Å². The molecular weight excluding hydrogens is 245 g/mol. The van der Waals surface area contributed by atoms with Gasteiger partial charge in [0.05, 0.1) is 23.8 Å². The molecule has 0 aliphatic carbocycles. The maximum Gasteiger partial charge on any atom is 0.153 e. The Bertz CT molecular complexity index is 657. The second-order valence-corrected chi connectivity index (χ2v) is 3.97. The molecule has 0 radical (unpaired) electrons. The number of carbonyl (C=O) groups is 1. The van der Waals surface area contributed by atoms with Gasteiger partial charge in [-0.2, -0.15) is 5.26 Å². The molecule has 94 valence electrons. The van der Waals surface area contributed by atoms with Crippen LogP contribution in [0.2, 0.25) is 0 Å². The molecule has 0 spiro atoms. The summed E-state index contributed by atoms with van der Waals surface area (Å²) in [5.74, 6) is -0.661. The lowest BCUT2D eigenvalue weighted by Gasteiger charge is -2.08. The van der Waals surface area contributed by atoms with Crippen molar-refractivity contribution in [3.05, 3.63) is 58.9 Å². The SMILES string of the molecule is N#Cc1ccc(-c2ccc(CO)c(C=O)c2F)cc1. The van der Waals surface area contributed by atoms with E-state index in [9.17, 15) is 9.18 Å². The van der Waals surface area contributed by atoms with Crippen molar-refractivity contribution >= 4 is 6.29 Å². The first-order chi connectivity index (χ1) is 9.21. The number of aliphatic hydroxyl groups excluding tert-OH is 1. The molecule has 3 nitrogen and oxygen atoms in total. The number of aldehydes is 1. The normalized spacial score (nSPS) is 9.95. The summed E-state index contributed by atoms with van der Waals surface area (Å²) in [4.78, 5) is 10.9. The van der Waals surface area contributed by atoms with Gasteiger partial charge in [-0.05, 0) is 23.3 Å². The lowest BCUT2D eigenvalue weighted by molar-refractivity contribution is 0.111. The summed E-state index contributed by atoms with van der Waals surface area (Å²) in [5, 5.41) is 17.7. The summed E-state index contributed by atoms with van der Waals surface area (Å²) in [6.45, 7) is -0.390. The Kier molecular flexibility index (Phi) is 3.69. The summed E-state index contributed by atoms with van der Waals surface area (Å²) >= 11 is 0. The molecule has 0 aliphatic rings. The number of nitrogens with zero attached hydrogens (tertiary/aromatic N) is 1. The molecule has 0 atom stereocenters. The van der Waals surface area contributed by atoms with Gasteiger partial charge in [0.1, 0.15) is 5.82 Å². The minimum atomic E-state index is -0.661. The molecule has 2 rings (SSSR count). The molecule has 1 N–H and O–H groups in total. The van der Waals surface area contributed by atoms with Crippen LogP contribution in [0.1, 0.15) is 21.5 Å². The zero-order valence-electron chi connectivity index (χ0n) is 9.93. The van der Waals surface area contributed by atoms with Crippen molar-refractivity contribution in [2.75, 3.05) is 0 Å². The molecule has 19 heavy (non-hydrogen) atoms. The Morgan fingerprint density at radius 3 is 2.42 bits per heavy atom. The second kappa shape index (κ2) is 5.42. The highest BCUT2D eigenvalue weighted by Crippen LogP contribution is 2.26. The summed E-state index contributed by atoms with van der Waals surface area (Å²) in [5.41, 5.74) is 1.44. The molecular formula is C15H10FNO2. The molecule has 0 aromatic heterocycles. The Morgan fingerprint density at radius 1 is 1.21 bits per heavy atom. The minimum Gasteiger partial charge on any atom is -0.392 e. The highest BCUT2D eigenvalue weighted by molar-refractivity contribution is 5.82. The van der Waals surface area contributed by atoms with Crippen molar-refractivity contribution in [2.45, 2.75) is 6.61 Å². The lowest BCUT2D eigenvalue weighted by atomic mass is 9.98. The zero-order chi connectivity index (χ0) is 13.8. The van der Waals surface area contributed by atoms with Gasteiger partial charge >= 0.3 is 0 Å². The predicted octanol–water partition coefficient (Wildman–Crippen LogP) is 2.67. The van der Waals surface area contributed by atoms with Crippen LogP contribution in [-0.2, 0) is 6.61 Å². The van der Waals surface area contributed by atoms with Gasteiger partial charge in [-0.15, -0.1) is 0 Å². The molecule has 0 bridgehead atoms. The maximum absolute atomic E-state index is 14.2. The quantitative estimate of drug-likeness (QED) is 0.858. The van der Waals surface area contributed by atoms with Gasteiger partial charge < -0.3 is 5.11 Å². The fourth-order valence-corrected chi connectivity index (χ4v) is 1.85. The van der Waals surface area contributed by atoms with Crippen molar-refractivity contribution in [3.63, 3.8) is 0 Å². The molecule has 0 unspecified atom stereocenters. The molecule has 4 heteroatoms. The molecule has 2 aromatic carbocycles. The van der Waals surface area contributed by atoms with E-state index in [-0.39, 0.29) is 16.7 Å². The molecule has 0 saturated heterocycles. The molecule has 0 saturated carbocycles. The largest absolute Gasteiger partial charge is 0.392 e. The van der Waals surface area contributed by atoms with E-state index in [4.69, 9.17) is 10.4 Å². The first kappa shape index (κ1) is 12.9. The van der Waals surface area contributed by atoms with Gasteiger partial charge in [0.2, 0.25) is 0 Å². The van der Waals surface area contributed by atoms with E-state index < -0.39 is 12.4 Å². The highest BCUT2D eigenvalue weighted by atomic mass is 19.1. The lowest BCUT2D eigenvalue weighted by Crippen LogP contribution is -1.99. The molecule has 0 heterocycles. The third kappa shape index (κ3) is 2.37. The van der Waals surface area contributed by atoms with E-state index in [1.807, 2.05) is 6.07 Å². The number of carbonyl (C=O) groups excluding carboxylic acids is 1. The third-order valence-corrected chi connectivity index (χ3v) is 2.88. The van der Waals surface area contributed by atoms with Crippen LogP contribution in [0.15, 0.2) is 36.4 Å². The molecule has 0 aliphatic heterocycles. The third-order valence-electron chi connectivity index (χ3n) is 2.88. The first-order valence-corrected chi connectivity index (χ1v) is 5.59. The summed E-state index contributed by atoms with van der Waals surface area (Å²) in [6, 6.07) is 11.4. The van der Waals surface area contributed by atoms with Crippen LogP contribution in [0, 0.1) is 17.1 Å². The van der Waals surface area contributed by atoms with Crippen molar-refractivity contribution in [1.29, 1.82) is 5.26 Å². The van der Waals surface area contributed by atoms with Crippen LogP contribution in [0.25, 0.3) is 11.1 Å². The van der Waals surface area contributed by atoms with Crippen LogP contribution < -0.4 is 0 Å². The summed E-state index contributed by atoms with van der Waals surface area (Å²) in [6.07, 6.45) is 0.397. The van der Waals surface area contributed by atoms with Gasteiger partial charge in [0.25, 0.3) is 0 Å². The fourth-order valence-electron chi connectivity index (χ4n) is 1.85. The number of hydrogen-bond donors (Lipinski definition) is 1. The zero-order valence-corrected chi connectivity index (χ0v) is 9.93. The van der Waals surface area contributed by atoms with Crippen LogP contribution >= 0.6 is 0 Å². The van der Waals surface area contributed by atoms with Gasteiger partial charge in [0, 0.05) is 5.56 Å². The number of nitriles is 1. The monoisotopic (exact) mass is 255 g/mol. The number of halogens is 1. The summed E-state index contributed by atoms with van der Waals surface area (Å²) in [7, 11) is 0. The minimum absolute atomic E-state index is 0.135. The van der Waals surface area contributed by atoms with Crippen LogP contribution in [0.3, 0.4) is 0 Å². The van der Waals surface area contributed by atoms with Crippen molar-refractivity contribution in [2.24, 2.45) is 0 Å². The number of hydrogen-bond acceptors (Lipinski definition) is 3. The Balaban J connectivity index is 2.56. The van der Waals surface area contributed by atoms with E-state index in [0.29, 0.717) is 17.4 Å². The summed E-state index contributed by atoms with van der Waals surface area (Å²) < 4.78 is 14.2. The van der Waals surface area contributed by atoms with E-state index in [1.54, 1.807) is 24.3 Å². The Labute approximate surface area is 109 Å². The maximum atomic E-state index is 14.2. The van der Waals surface area contributed by atoms with Gasteiger partial charge in [0.15, 0.2) is 6.29 Å². The van der Waals surface area contributed by atoms with E-state index in [1.165, 1.54) is 12.1 Å². The number of aliphatic hydroxyl groups is 1. The Morgan fingerprint density at radius 2 is 1.89 bits per heavy atom. The average molecular weight is 255 g/mol. The van der Waals surface area contributed by atoms with Gasteiger partial charge in [-0.3, -0.25) is 4.79 Å². The van der Waals surface area contributed by atoms with Crippen LogP contribution in [-0.4, -0.2) is 11.4 Å². The van der Waals surface area contributed by atoms with Crippen molar-refractivity contribution in [1.82, 2.24) is 0 Å². The van der Waals surface area contributed by atoms with Crippen LogP contribution in [0.4, 0.5) is 4.39 Å². The highest BCUT2D eigenvalue weighted by Gasteiger charge is 2.13. The number of rotatable bonds is 3.